The molecule has 0 saturated heterocycles. The number of hydrogen-bond donors (Lipinski definition) is 1. The molecule has 0 bridgehead atoms. The van der Waals surface area contributed by atoms with E-state index in [4.69, 9.17) is 0 Å². The van der Waals surface area contributed by atoms with E-state index in [0.29, 0.717) is 33.4 Å². The van der Waals surface area contributed by atoms with Gasteiger partial charge < -0.3 is 4.98 Å². The van der Waals surface area contributed by atoms with Crippen molar-refractivity contribution < 1.29 is 4.79 Å². The molecular formula is C27H17BrN4O2. The number of imidazole rings is 1. The molecule has 0 aliphatic rings. The Labute approximate surface area is 202 Å². The number of anilines is 2. The van der Waals surface area contributed by atoms with Gasteiger partial charge in [-0.05, 0) is 58.4 Å². The average molecular weight is 509 g/mol. The molecule has 0 spiro atoms. The van der Waals surface area contributed by atoms with Crippen molar-refractivity contribution in [2.75, 3.05) is 4.90 Å². The number of amides is 1. The molecule has 6 nitrogen and oxygen atoms in total. The van der Waals surface area contributed by atoms with Crippen molar-refractivity contribution in [2.45, 2.75) is 0 Å². The predicted molar refractivity (Wildman–Crippen MR) is 138 cm³/mol. The van der Waals surface area contributed by atoms with Crippen molar-refractivity contribution in [3.8, 4) is 0 Å². The van der Waals surface area contributed by atoms with Crippen LogP contribution in [0.3, 0.4) is 0 Å². The number of nitrogens with zero attached hydrogens (tertiary/aromatic N) is 3. The normalized spacial score (nSPS) is 11.3. The smallest absolute Gasteiger partial charge is 0.264 e. The second-order valence-electron chi connectivity index (χ2n) is 7.86. The second-order valence-corrected chi connectivity index (χ2v) is 8.71. The van der Waals surface area contributed by atoms with Crippen LogP contribution in [0.25, 0.3) is 27.5 Å². The maximum Gasteiger partial charge on any atom is 0.264 e. The highest BCUT2D eigenvalue weighted by Crippen LogP contribution is 2.39. The minimum absolute atomic E-state index is 0.146. The van der Waals surface area contributed by atoms with Gasteiger partial charge in [0, 0.05) is 27.6 Å². The number of rotatable bonds is 3. The number of para-hydroxylation sites is 3. The third-order valence-corrected chi connectivity index (χ3v) is 6.56. The maximum atomic E-state index is 14.0. The summed E-state index contributed by atoms with van der Waals surface area (Å²) in [5, 5.41) is 1.20. The van der Waals surface area contributed by atoms with E-state index in [2.05, 4.69) is 25.9 Å². The number of aromatic nitrogens is 3. The molecule has 3 aromatic carbocycles. The van der Waals surface area contributed by atoms with E-state index in [1.165, 1.54) is 0 Å². The van der Waals surface area contributed by atoms with E-state index in [-0.39, 0.29) is 11.5 Å². The fraction of sp³-hybridized carbons (Fsp3) is 0. The summed E-state index contributed by atoms with van der Waals surface area (Å²) in [5.41, 5.74) is 3.62. The topological polar surface area (TPSA) is 70.5 Å². The number of aromatic amines is 1. The molecule has 6 rings (SSSR count). The number of H-pyrrole nitrogens is 1. The lowest BCUT2D eigenvalue weighted by molar-refractivity contribution is 0.0999. The molecule has 7 heteroatoms. The summed E-state index contributed by atoms with van der Waals surface area (Å²) < 4.78 is 2.39. The summed E-state index contributed by atoms with van der Waals surface area (Å²) in [5.74, 6) is -0.260. The lowest BCUT2D eigenvalue weighted by atomic mass is 10.1. The molecule has 34 heavy (non-hydrogen) atoms. The van der Waals surface area contributed by atoms with Crippen molar-refractivity contribution in [1.82, 2.24) is 14.4 Å². The molecule has 0 aliphatic carbocycles. The molecule has 6 aromatic rings. The summed E-state index contributed by atoms with van der Waals surface area (Å²) in [6.45, 7) is 0. The monoisotopic (exact) mass is 508 g/mol. The first kappa shape index (κ1) is 20.4. The Bertz CT molecular complexity index is 1770. The molecule has 3 heterocycles. The van der Waals surface area contributed by atoms with Crippen molar-refractivity contribution in [3.63, 3.8) is 0 Å². The number of carbonyl (C=O) groups is 1. The zero-order valence-electron chi connectivity index (χ0n) is 17.8. The third-order valence-electron chi connectivity index (χ3n) is 5.89. The molecule has 164 valence electrons. The van der Waals surface area contributed by atoms with E-state index in [9.17, 15) is 9.59 Å². The predicted octanol–water partition coefficient (Wildman–Crippen LogP) is 6.07. The molecule has 0 unspecified atom stereocenters. The molecule has 3 aromatic heterocycles. The van der Waals surface area contributed by atoms with Gasteiger partial charge in [0.25, 0.3) is 11.5 Å². The molecule has 1 amide bonds. The first-order valence-corrected chi connectivity index (χ1v) is 11.5. The summed E-state index contributed by atoms with van der Waals surface area (Å²) in [7, 11) is 0. The molecular weight excluding hydrogens is 492 g/mol. The first-order chi connectivity index (χ1) is 16.6. The Balaban J connectivity index is 1.81. The lowest BCUT2D eigenvalue weighted by Gasteiger charge is -2.26. The van der Waals surface area contributed by atoms with Crippen LogP contribution < -0.4 is 10.5 Å². The fourth-order valence-corrected chi connectivity index (χ4v) is 4.85. The van der Waals surface area contributed by atoms with Crippen LogP contribution in [0.1, 0.15) is 10.4 Å². The van der Waals surface area contributed by atoms with Crippen LogP contribution in [-0.4, -0.2) is 20.3 Å². The number of nitrogens with one attached hydrogen (secondary N) is 1. The summed E-state index contributed by atoms with van der Waals surface area (Å²) in [6, 6.07) is 26.0. The summed E-state index contributed by atoms with van der Waals surface area (Å²) >= 11 is 3.62. The zero-order chi connectivity index (χ0) is 23.2. The third kappa shape index (κ3) is 3.05. The number of carbonyl (C=O) groups excluding carboxylic acids is 1. The molecule has 0 aliphatic heterocycles. The van der Waals surface area contributed by atoms with Gasteiger partial charge in [0.15, 0.2) is 0 Å². The van der Waals surface area contributed by atoms with Crippen molar-refractivity contribution in [3.05, 3.63) is 118 Å². The van der Waals surface area contributed by atoms with E-state index in [1.807, 2.05) is 66.7 Å². The van der Waals surface area contributed by atoms with Crippen molar-refractivity contribution in [1.29, 1.82) is 0 Å². The van der Waals surface area contributed by atoms with E-state index >= 15 is 0 Å². The number of hydrogen-bond acceptors (Lipinski definition) is 3. The summed E-state index contributed by atoms with van der Waals surface area (Å²) in [4.78, 5) is 36.8. The lowest BCUT2D eigenvalue weighted by Crippen LogP contribution is -2.28. The van der Waals surface area contributed by atoms with Gasteiger partial charge in [-0.1, -0.05) is 42.5 Å². The number of benzene rings is 3. The van der Waals surface area contributed by atoms with Gasteiger partial charge in [0.1, 0.15) is 5.65 Å². The highest BCUT2D eigenvalue weighted by molar-refractivity contribution is 9.10. The van der Waals surface area contributed by atoms with Crippen LogP contribution in [0.15, 0.2) is 107 Å². The highest BCUT2D eigenvalue weighted by atomic mass is 79.9. The van der Waals surface area contributed by atoms with Crippen molar-refractivity contribution >= 4 is 60.7 Å². The summed E-state index contributed by atoms with van der Waals surface area (Å²) in [6.07, 6.45) is 3.18. The minimum Gasteiger partial charge on any atom is -0.338 e. The Morgan fingerprint density at radius 2 is 1.62 bits per heavy atom. The van der Waals surface area contributed by atoms with Gasteiger partial charge in [-0.3, -0.25) is 23.9 Å². The second kappa shape index (κ2) is 7.97. The Morgan fingerprint density at radius 3 is 2.41 bits per heavy atom. The van der Waals surface area contributed by atoms with E-state index in [0.717, 1.165) is 15.5 Å². The average Bonchev–Trinajstić information content (AvgIpc) is 3.27. The van der Waals surface area contributed by atoms with Crippen LogP contribution in [0.2, 0.25) is 0 Å². The number of pyridine rings is 2. The molecule has 0 radical (unpaired) electrons. The van der Waals surface area contributed by atoms with E-state index in [1.54, 1.807) is 39.9 Å². The molecule has 0 saturated carbocycles. The molecule has 0 atom stereocenters. The zero-order valence-corrected chi connectivity index (χ0v) is 19.4. The van der Waals surface area contributed by atoms with Crippen LogP contribution in [0.4, 0.5) is 11.4 Å². The van der Waals surface area contributed by atoms with E-state index < -0.39 is 0 Å². The van der Waals surface area contributed by atoms with Crippen LogP contribution in [0, 0.1) is 0 Å². The number of halogens is 1. The Kier molecular flexibility index (Phi) is 4.78. The Hall–Kier alpha value is -4.23. The highest BCUT2D eigenvalue weighted by Gasteiger charge is 2.28. The van der Waals surface area contributed by atoms with Crippen LogP contribution in [-0.2, 0) is 0 Å². The van der Waals surface area contributed by atoms with Gasteiger partial charge in [-0.2, -0.15) is 0 Å². The van der Waals surface area contributed by atoms with Gasteiger partial charge >= 0.3 is 0 Å². The van der Waals surface area contributed by atoms with Gasteiger partial charge in [-0.15, -0.1) is 0 Å². The van der Waals surface area contributed by atoms with Crippen LogP contribution in [0.5, 0.6) is 0 Å². The first-order valence-electron chi connectivity index (χ1n) is 10.7. The fourth-order valence-electron chi connectivity index (χ4n) is 4.39. The largest absolute Gasteiger partial charge is 0.338 e. The van der Waals surface area contributed by atoms with Gasteiger partial charge in [0.05, 0.1) is 28.0 Å². The SMILES string of the molecule is O=C(c1cccnc1)N(c1ccccc1Br)c1c2ccccc2c(=O)n2c1[nH]c1ccccc12. The van der Waals surface area contributed by atoms with Gasteiger partial charge in [0.2, 0.25) is 0 Å². The maximum absolute atomic E-state index is 14.0. The Morgan fingerprint density at radius 1 is 0.882 bits per heavy atom. The quantitative estimate of drug-likeness (QED) is 0.315. The number of fused-ring (bicyclic) bond motifs is 4. The van der Waals surface area contributed by atoms with Gasteiger partial charge in [-0.25, -0.2) is 0 Å². The molecule has 0 fully saturated rings. The standard InChI is InChI=1S/C27H17BrN4O2/c28-20-11-3-5-13-22(20)31(26(33)17-8-7-15-29-16-17)24-18-9-1-2-10-19(18)27(34)32-23-14-6-4-12-21(23)30-25(24)32/h1-16,30H. The minimum atomic E-state index is -0.260. The van der Waals surface area contributed by atoms with Crippen LogP contribution >= 0.6 is 15.9 Å². The van der Waals surface area contributed by atoms with Crippen molar-refractivity contribution in [2.24, 2.45) is 0 Å². The molecule has 1 N–H and O–H groups in total.